The zero-order chi connectivity index (χ0) is 26.5. The number of anilines is 3. The van der Waals surface area contributed by atoms with Crippen molar-refractivity contribution in [1.82, 2.24) is 5.32 Å². The highest BCUT2D eigenvalue weighted by Crippen LogP contribution is 2.41. The number of carbonyl (C=O) groups excluding carboxylic acids is 2. The molecule has 0 bridgehead atoms. The van der Waals surface area contributed by atoms with Gasteiger partial charge in [0.2, 0.25) is 5.78 Å². The van der Waals surface area contributed by atoms with Crippen LogP contribution in [0, 0.1) is 6.92 Å². The number of ketones is 1. The Morgan fingerprint density at radius 2 is 1.68 bits per heavy atom. The molecule has 4 N–H and O–H groups in total. The van der Waals surface area contributed by atoms with E-state index in [9.17, 15) is 9.59 Å². The second-order valence-corrected chi connectivity index (χ2v) is 9.70. The quantitative estimate of drug-likeness (QED) is 0.220. The van der Waals surface area contributed by atoms with Gasteiger partial charge in [-0.05, 0) is 48.9 Å². The Morgan fingerprint density at radius 3 is 2.32 bits per heavy atom. The SMILES string of the molecule is COc1ccc(OC)c(Nc2sc(C(=O)c3ccc(Cl)cc3)c(N)c2C(=O)NCc2ccc(C)cc2)c1. The molecule has 1 heterocycles. The minimum absolute atomic E-state index is 0.0933. The molecule has 9 heteroatoms. The van der Waals surface area contributed by atoms with Gasteiger partial charge in [-0.25, -0.2) is 0 Å². The number of halogens is 1. The summed E-state index contributed by atoms with van der Waals surface area (Å²) < 4.78 is 10.8. The van der Waals surface area contributed by atoms with Crippen LogP contribution in [0.5, 0.6) is 11.5 Å². The van der Waals surface area contributed by atoms with Crippen LogP contribution in [0.1, 0.15) is 36.7 Å². The summed E-state index contributed by atoms with van der Waals surface area (Å²) in [5.41, 5.74) is 9.76. The molecule has 0 aliphatic carbocycles. The maximum atomic E-state index is 13.4. The average molecular weight is 536 g/mol. The van der Waals surface area contributed by atoms with Crippen molar-refractivity contribution in [3.8, 4) is 11.5 Å². The van der Waals surface area contributed by atoms with Crippen LogP contribution < -0.4 is 25.8 Å². The largest absolute Gasteiger partial charge is 0.497 e. The van der Waals surface area contributed by atoms with Crippen LogP contribution in [0.4, 0.5) is 16.4 Å². The fraction of sp³-hybridized carbons (Fsp3) is 0.143. The average Bonchev–Trinajstić information content (AvgIpc) is 3.23. The number of ether oxygens (including phenoxy) is 2. The fourth-order valence-corrected chi connectivity index (χ4v) is 4.89. The molecule has 0 spiro atoms. The van der Waals surface area contributed by atoms with Crippen LogP contribution in [-0.4, -0.2) is 25.9 Å². The maximum absolute atomic E-state index is 13.4. The number of methoxy groups -OCH3 is 2. The van der Waals surface area contributed by atoms with E-state index in [-0.39, 0.29) is 21.9 Å². The molecule has 0 atom stereocenters. The molecule has 0 fully saturated rings. The summed E-state index contributed by atoms with van der Waals surface area (Å²) in [6, 6.07) is 19.6. The van der Waals surface area contributed by atoms with Crippen molar-refractivity contribution in [2.24, 2.45) is 0 Å². The van der Waals surface area contributed by atoms with Crippen molar-refractivity contribution >= 4 is 51.0 Å². The Labute approximate surface area is 224 Å². The third-order valence-corrected chi connectivity index (χ3v) is 7.09. The first-order valence-corrected chi connectivity index (χ1v) is 12.6. The molecular formula is C28H26ClN3O4S. The van der Waals surface area contributed by atoms with E-state index in [1.807, 2.05) is 31.2 Å². The van der Waals surface area contributed by atoms with E-state index < -0.39 is 5.91 Å². The number of hydrogen-bond donors (Lipinski definition) is 3. The van der Waals surface area contributed by atoms with Crippen molar-refractivity contribution < 1.29 is 19.1 Å². The Hall–Kier alpha value is -4.01. The van der Waals surface area contributed by atoms with Gasteiger partial charge < -0.3 is 25.8 Å². The predicted octanol–water partition coefficient (Wildman–Crippen LogP) is 6.21. The second kappa shape index (κ2) is 11.4. The highest BCUT2D eigenvalue weighted by molar-refractivity contribution is 7.19. The molecule has 0 aliphatic rings. The number of carbonyl (C=O) groups is 2. The van der Waals surface area contributed by atoms with Crippen LogP contribution in [0.25, 0.3) is 0 Å². The fourth-order valence-electron chi connectivity index (χ4n) is 3.67. The third kappa shape index (κ3) is 5.87. The number of amides is 1. The summed E-state index contributed by atoms with van der Waals surface area (Å²) in [6.45, 7) is 2.30. The van der Waals surface area contributed by atoms with E-state index in [1.165, 1.54) is 0 Å². The molecule has 190 valence electrons. The molecule has 3 aromatic carbocycles. The van der Waals surface area contributed by atoms with Crippen molar-refractivity contribution in [2.45, 2.75) is 13.5 Å². The lowest BCUT2D eigenvalue weighted by Crippen LogP contribution is -2.24. The van der Waals surface area contributed by atoms with Gasteiger partial charge in [-0.2, -0.15) is 0 Å². The zero-order valence-corrected chi connectivity index (χ0v) is 22.1. The van der Waals surface area contributed by atoms with Crippen molar-refractivity contribution in [1.29, 1.82) is 0 Å². The van der Waals surface area contributed by atoms with Crippen LogP contribution in [0.15, 0.2) is 66.7 Å². The molecule has 0 unspecified atom stereocenters. The minimum atomic E-state index is -0.408. The minimum Gasteiger partial charge on any atom is -0.497 e. The first-order chi connectivity index (χ1) is 17.8. The maximum Gasteiger partial charge on any atom is 0.256 e. The number of nitrogens with one attached hydrogen (secondary N) is 2. The van der Waals surface area contributed by atoms with Gasteiger partial charge in [0.15, 0.2) is 0 Å². The van der Waals surface area contributed by atoms with E-state index in [1.54, 1.807) is 56.7 Å². The smallest absolute Gasteiger partial charge is 0.256 e. The first kappa shape index (κ1) is 26.1. The number of hydrogen-bond acceptors (Lipinski definition) is 7. The van der Waals surface area contributed by atoms with Gasteiger partial charge in [0.05, 0.1) is 31.2 Å². The highest BCUT2D eigenvalue weighted by Gasteiger charge is 2.27. The Balaban J connectivity index is 1.73. The Kier molecular flexibility index (Phi) is 8.01. The molecule has 0 radical (unpaired) electrons. The van der Waals surface area contributed by atoms with Gasteiger partial charge in [-0.15, -0.1) is 11.3 Å². The molecule has 0 saturated heterocycles. The number of thiophene rings is 1. The lowest BCUT2D eigenvalue weighted by molar-refractivity contribution is 0.0953. The molecule has 1 amide bonds. The number of aryl methyl sites for hydroxylation is 1. The zero-order valence-electron chi connectivity index (χ0n) is 20.6. The monoisotopic (exact) mass is 535 g/mol. The first-order valence-electron chi connectivity index (χ1n) is 11.4. The highest BCUT2D eigenvalue weighted by atomic mass is 35.5. The topological polar surface area (TPSA) is 103 Å². The summed E-state index contributed by atoms with van der Waals surface area (Å²) in [5.74, 6) is 0.409. The summed E-state index contributed by atoms with van der Waals surface area (Å²) in [5, 5.41) is 7.06. The molecule has 0 saturated carbocycles. The van der Waals surface area contributed by atoms with E-state index in [0.29, 0.717) is 39.3 Å². The van der Waals surface area contributed by atoms with E-state index in [2.05, 4.69) is 10.6 Å². The summed E-state index contributed by atoms with van der Waals surface area (Å²) >= 11 is 7.08. The second-order valence-electron chi connectivity index (χ2n) is 8.24. The summed E-state index contributed by atoms with van der Waals surface area (Å²) in [7, 11) is 3.10. The van der Waals surface area contributed by atoms with E-state index in [0.717, 1.165) is 22.5 Å². The normalized spacial score (nSPS) is 10.6. The number of nitrogen functional groups attached to an aromatic ring is 1. The van der Waals surface area contributed by atoms with Crippen molar-refractivity contribution in [3.05, 3.63) is 98.9 Å². The van der Waals surface area contributed by atoms with Gasteiger partial charge in [0.1, 0.15) is 21.4 Å². The Bertz CT molecular complexity index is 1430. The number of rotatable bonds is 9. The molecular weight excluding hydrogens is 510 g/mol. The van der Waals surface area contributed by atoms with Gasteiger partial charge in [0.25, 0.3) is 5.91 Å². The molecule has 1 aromatic heterocycles. The molecule has 4 rings (SSSR count). The molecule has 4 aromatic rings. The number of nitrogens with two attached hydrogens (primary N) is 1. The summed E-state index contributed by atoms with van der Waals surface area (Å²) in [6.07, 6.45) is 0. The van der Waals surface area contributed by atoms with Gasteiger partial charge in [0, 0.05) is 23.2 Å². The number of benzene rings is 3. The Morgan fingerprint density at radius 1 is 0.973 bits per heavy atom. The van der Waals surface area contributed by atoms with Crippen molar-refractivity contribution in [3.63, 3.8) is 0 Å². The van der Waals surface area contributed by atoms with Crippen LogP contribution in [0.3, 0.4) is 0 Å². The van der Waals surface area contributed by atoms with Gasteiger partial charge in [-0.1, -0.05) is 41.4 Å². The molecule has 37 heavy (non-hydrogen) atoms. The van der Waals surface area contributed by atoms with Gasteiger partial charge >= 0.3 is 0 Å². The standard InChI is InChI=1S/C28H26ClN3O4S/c1-16-4-6-17(7-5-16)15-31-27(34)23-24(30)26(25(33)18-8-10-19(29)11-9-18)37-28(23)32-21-14-20(35-2)12-13-22(21)36-3/h4-14,32H,15,30H2,1-3H3,(H,31,34). The van der Waals surface area contributed by atoms with E-state index in [4.69, 9.17) is 26.8 Å². The van der Waals surface area contributed by atoms with Crippen LogP contribution >= 0.6 is 22.9 Å². The molecule has 7 nitrogen and oxygen atoms in total. The lowest BCUT2D eigenvalue weighted by atomic mass is 10.1. The predicted molar refractivity (Wildman–Crippen MR) is 149 cm³/mol. The van der Waals surface area contributed by atoms with Gasteiger partial charge in [-0.3, -0.25) is 9.59 Å². The third-order valence-electron chi connectivity index (χ3n) is 5.71. The van der Waals surface area contributed by atoms with Crippen LogP contribution in [-0.2, 0) is 6.54 Å². The van der Waals surface area contributed by atoms with Crippen LogP contribution in [0.2, 0.25) is 5.02 Å². The summed E-state index contributed by atoms with van der Waals surface area (Å²) in [4.78, 5) is 27.0. The molecule has 0 aliphatic heterocycles. The van der Waals surface area contributed by atoms with E-state index >= 15 is 0 Å². The van der Waals surface area contributed by atoms with Crippen molar-refractivity contribution in [2.75, 3.05) is 25.3 Å². The lowest BCUT2D eigenvalue weighted by Gasteiger charge is -2.13.